The van der Waals surface area contributed by atoms with Crippen LogP contribution in [0.25, 0.3) is 0 Å². The third-order valence-electron chi connectivity index (χ3n) is 3.57. The molecule has 2 amide bonds. The molecule has 1 aromatic rings. The number of hydrogen-bond acceptors (Lipinski definition) is 3. The van der Waals surface area contributed by atoms with Crippen LogP contribution in [0.4, 0.5) is 8.78 Å². The maximum atomic E-state index is 13.2. The standard InChI is InChI=1S/C13H11F2NO4/c1-3-13(2,12(19)20)16-10(17)6-4-8(14)9(15)5-7(6)11(16)18/h4-5H,3H2,1-2H3,(H,19,20). The van der Waals surface area contributed by atoms with Gasteiger partial charge < -0.3 is 5.11 Å². The van der Waals surface area contributed by atoms with Crippen LogP contribution in [0.15, 0.2) is 12.1 Å². The second-order valence-corrected chi connectivity index (χ2v) is 4.69. The van der Waals surface area contributed by atoms with Gasteiger partial charge in [-0.05, 0) is 25.5 Å². The van der Waals surface area contributed by atoms with Crippen LogP contribution in [-0.2, 0) is 4.79 Å². The maximum absolute atomic E-state index is 13.2. The molecule has 1 heterocycles. The topological polar surface area (TPSA) is 74.7 Å². The van der Waals surface area contributed by atoms with Gasteiger partial charge in [0.05, 0.1) is 11.1 Å². The van der Waals surface area contributed by atoms with Crippen molar-refractivity contribution in [2.24, 2.45) is 0 Å². The molecule has 2 rings (SSSR count). The number of aliphatic carboxylic acids is 1. The zero-order valence-electron chi connectivity index (χ0n) is 10.7. The average Bonchev–Trinajstić information content (AvgIpc) is 2.62. The molecule has 0 spiro atoms. The summed E-state index contributed by atoms with van der Waals surface area (Å²) in [4.78, 5) is 36.1. The van der Waals surface area contributed by atoms with Crippen molar-refractivity contribution in [2.45, 2.75) is 25.8 Å². The quantitative estimate of drug-likeness (QED) is 0.858. The fraction of sp³-hybridized carbons (Fsp3) is 0.308. The Hall–Kier alpha value is -2.31. The van der Waals surface area contributed by atoms with Crippen molar-refractivity contribution in [3.63, 3.8) is 0 Å². The molecule has 1 unspecified atom stereocenters. The Kier molecular flexibility index (Phi) is 3.08. The van der Waals surface area contributed by atoms with Crippen molar-refractivity contribution in [1.82, 2.24) is 4.90 Å². The van der Waals surface area contributed by atoms with E-state index in [1.54, 1.807) is 0 Å². The van der Waals surface area contributed by atoms with Crippen molar-refractivity contribution < 1.29 is 28.3 Å². The largest absolute Gasteiger partial charge is 0.479 e. The third kappa shape index (κ3) is 1.70. The van der Waals surface area contributed by atoms with Gasteiger partial charge in [0, 0.05) is 0 Å². The fourth-order valence-corrected chi connectivity index (χ4v) is 2.09. The highest BCUT2D eigenvalue weighted by molar-refractivity contribution is 6.23. The summed E-state index contributed by atoms with van der Waals surface area (Å²) < 4.78 is 26.3. The minimum Gasteiger partial charge on any atom is -0.479 e. The van der Waals surface area contributed by atoms with E-state index >= 15 is 0 Å². The minimum atomic E-state index is -1.76. The van der Waals surface area contributed by atoms with Crippen molar-refractivity contribution in [1.29, 1.82) is 0 Å². The number of hydrogen-bond donors (Lipinski definition) is 1. The molecule has 106 valence electrons. The SMILES string of the molecule is CCC(C)(C(=O)O)N1C(=O)c2cc(F)c(F)cc2C1=O. The molecule has 1 aliphatic rings. The molecule has 7 heteroatoms. The number of rotatable bonds is 3. The Balaban J connectivity index is 2.61. The first kappa shape index (κ1) is 14.1. The van der Waals surface area contributed by atoms with Crippen molar-refractivity contribution >= 4 is 17.8 Å². The van der Waals surface area contributed by atoms with Crippen molar-refractivity contribution in [3.05, 3.63) is 34.9 Å². The van der Waals surface area contributed by atoms with Gasteiger partial charge in [0.15, 0.2) is 11.6 Å². The molecular weight excluding hydrogens is 272 g/mol. The molecule has 20 heavy (non-hydrogen) atoms. The lowest BCUT2D eigenvalue weighted by Gasteiger charge is -2.32. The van der Waals surface area contributed by atoms with Crippen LogP contribution in [0.2, 0.25) is 0 Å². The molecule has 1 aliphatic heterocycles. The molecule has 0 radical (unpaired) electrons. The molecule has 0 saturated heterocycles. The fourth-order valence-electron chi connectivity index (χ4n) is 2.09. The number of nitrogens with zero attached hydrogens (tertiary/aromatic N) is 1. The Labute approximate surface area is 112 Å². The molecule has 1 N–H and O–H groups in total. The van der Waals surface area contributed by atoms with Crippen LogP contribution in [0.3, 0.4) is 0 Å². The molecule has 0 fully saturated rings. The molecule has 1 atom stereocenters. The van der Waals surface area contributed by atoms with E-state index in [4.69, 9.17) is 0 Å². The van der Waals surface area contributed by atoms with E-state index in [-0.39, 0.29) is 17.5 Å². The second-order valence-electron chi connectivity index (χ2n) is 4.69. The summed E-state index contributed by atoms with van der Waals surface area (Å²) in [6.45, 7) is 2.71. The van der Waals surface area contributed by atoms with Gasteiger partial charge >= 0.3 is 5.97 Å². The normalized spacial score (nSPS) is 17.1. The van der Waals surface area contributed by atoms with Crippen LogP contribution < -0.4 is 0 Å². The predicted octanol–water partition coefficient (Wildman–Crippen LogP) is 1.81. The van der Waals surface area contributed by atoms with Gasteiger partial charge in [-0.3, -0.25) is 14.5 Å². The Morgan fingerprint density at radius 2 is 1.60 bits per heavy atom. The lowest BCUT2D eigenvalue weighted by molar-refractivity contribution is -0.147. The van der Waals surface area contributed by atoms with Gasteiger partial charge in [0.1, 0.15) is 5.54 Å². The third-order valence-corrected chi connectivity index (χ3v) is 3.57. The molecule has 1 aromatic carbocycles. The van der Waals surface area contributed by atoms with Crippen LogP contribution >= 0.6 is 0 Å². The molecular formula is C13H11F2NO4. The summed E-state index contributed by atoms with van der Waals surface area (Å²) in [6.07, 6.45) is -0.0290. The van der Waals surface area contributed by atoms with Crippen LogP contribution in [-0.4, -0.2) is 33.3 Å². The summed E-state index contributed by atoms with van der Waals surface area (Å²) >= 11 is 0. The lowest BCUT2D eigenvalue weighted by Crippen LogP contribution is -2.54. The smallest absolute Gasteiger partial charge is 0.329 e. The number of imide groups is 1. The molecule has 0 aliphatic carbocycles. The summed E-state index contributed by atoms with van der Waals surface area (Å²) in [6, 6.07) is 1.23. The van der Waals surface area contributed by atoms with Crippen LogP contribution in [0, 0.1) is 11.6 Å². The second kappa shape index (κ2) is 4.36. The van der Waals surface area contributed by atoms with E-state index in [1.807, 2.05) is 0 Å². The van der Waals surface area contributed by atoms with E-state index < -0.39 is 35.0 Å². The number of carbonyl (C=O) groups is 3. The number of carbonyl (C=O) groups excluding carboxylic acids is 2. The number of fused-ring (bicyclic) bond motifs is 1. The first-order chi connectivity index (χ1) is 9.24. The minimum absolute atomic E-state index is 0.0290. The zero-order valence-corrected chi connectivity index (χ0v) is 10.7. The first-order valence-corrected chi connectivity index (χ1v) is 5.85. The Bertz CT molecular complexity index is 603. The zero-order chi connectivity index (χ0) is 15.2. The number of carboxylic acid groups (broad SMARTS) is 1. The summed E-state index contributed by atoms with van der Waals surface area (Å²) in [5.74, 6) is -5.76. The number of carboxylic acids is 1. The van der Waals surface area contributed by atoms with E-state index in [0.29, 0.717) is 17.0 Å². The van der Waals surface area contributed by atoms with E-state index in [9.17, 15) is 28.3 Å². The summed E-state index contributed by atoms with van der Waals surface area (Å²) in [7, 11) is 0. The molecule has 0 aromatic heterocycles. The average molecular weight is 283 g/mol. The molecule has 0 saturated carbocycles. The number of benzene rings is 1. The van der Waals surface area contributed by atoms with Gasteiger partial charge in [0.2, 0.25) is 0 Å². The van der Waals surface area contributed by atoms with Crippen LogP contribution in [0.5, 0.6) is 0 Å². The maximum Gasteiger partial charge on any atom is 0.329 e. The van der Waals surface area contributed by atoms with E-state index in [1.165, 1.54) is 13.8 Å². The molecule has 5 nitrogen and oxygen atoms in total. The monoisotopic (exact) mass is 283 g/mol. The summed E-state index contributed by atoms with van der Waals surface area (Å²) in [5.41, 5.74) is -2.41. The van der Waals surface area contributed by atoms with Gasteiger partial charge in [-0.1, -0.05) is 6.92 Å². The highest BCUT2D eigenvalue weighted by Crippen LogP contribution is 2.32. The number of halogens is 2. The molecule has 0 bridgehead atoms. The Morgan fingerprint density at radius 1 is 1.20 bits per heavy atom. The highest BCUT2D eigenvalue weighted by atomic mass is 19.2. The van der Waals surface area contributed by atoms with Gasteiger partial charge in [-0.25, -0.2) is 13.6 Å². The van der Waals surface area contributed by atoms with Gasteiger partial charge in [-0.15, -0.1) is 0 Å². The van der Waals surface area contributed by atoms with E-state index in [2.05, 4.69) is 0 Å². The van der Waals surface area contributed by atoms with Crippen LogP contribution in [0.1, 0.15) is 41.0 Å². The van der Waals surface area contributed by atoms with Crippen molar-refractivity contribution in [2.75, 3.05) is 0 Å². The highest BCUT2D eigenvalue weighted by Gasteiger charge is 2.50. The van der Waals surface area contributed by atoms with Gasteiger partial charge in [0.25, 0.3) is 11.8 Å². The van der Waals surface area contributed by atoms with Crippen molar-refractivity contribution in [3.8, 4) is 0 Å². The van der Waals surface area contributed by atoms with E-state index in [0.717, 1.165) is 0 Å². The summed E-state index contributed by atoms with van der Waals surface area (Å²) in [5, 5.41) is 9.22. The predicted molar refractivity (Wildman–Crippen MR) is 63.2 cm³/mol. The van der Waals surface area contributed by atoms with Gasteiger partial charge in [-0.2, -0.15) is 0 Å². The number of amides is 2. The first-order valence-electron chi connectivity index (χ1n) is 5.85. The Morgan fingerprint density at radius 3 is 1.90 bits per heavy atom. The lowest BCUT2D eigenvalue weighted by atomic mass is 9.96.